The van der Waals surface area contributed by atoms with E-state index in [2.05, 4.69) is 11.9 Å². The normalized spacial score (nSPS) is 10.2. The monoisotopic (exact) mass is 181 g/mol. The van der Waals surface area contributed by atoms with Gasteiger partial charge in [0.1, 0.15) is 5.76 Å². The lowest BCUT2D eigenvalue weighted by Crippen LogP contribution is -2.06. The first-order chi connectivity index (χ1) is 6.38. The Balaban J connectivity index is 2.44. The Morgan fingerprint density at radius 2 is 2.54 bits per heavy atom. The van der Waals surface area contributed by atoms with Crippen LogP contribution in [0.1, 0.15) is 11.3 Å². The van der Waals surface area contributed by atoms with Crippen LogP contribution in [0.4, 0.5) is 0 Å². The first-order valence-electron chi connectivity index (χ1n) is 4.27. The van der Waals surface area contributed by atoms with Crippen LogP contribution in [-0.2, 0) is 17.9 Å². The highest BCUT2D eigenvalue weighted by molar-refractivity contribution is 5.15. The number of nitrogens with one attached hydrogen (secondary N) is 1. The summed E-state index contributed by atoms with van der Waals surface area (Å²) in [6.07, 6.45) is 3.41. The Hall–Kier alpha value is -1.06. The predicted molar refractivity (Wildman–Crippen MR) is 51.3 cm³/mol. The molecule has 0 aliphatic rings. The van der Waals surface area contributed by atoms with Crippen molar-refractivity contribution < 1.29 is 9.15 Å². The largest absolute Gasteiger partial charge is 0.468 e. The summed E-state index contributed by atoms with van der Waals surface area (Å²) >= 11 is 0. The Bertz CT molecular complexity index is 255. The maximum atomic E-state index is 5.31. The van der Waals surface area contributed by atoms with E-state index in [0.29, 0.717) is 13.2 Å². The molecule has 0 saturated heterocycles. The van der Waals surface area contributed by atoms with Crippen LogP contribution in [0.15, 0.2) is 29.4 Å². The van der Waals surface area contributed by atoms with Crippen molar-refractivity contribution >= 4 is 0 Å². The van der Waals surface area contributed by atoms with Gasteiger partial charge in [-0.25, -0.2) is 0 Å². The molecule has 1 aromatic rings. The molecule has 0 atom stereocenters. The fourth-order valence-corrected chi connectivity index (χ4v) is 1.06. The Morgan fingerprint density at radius 1 is 1.69 bits per heavy atom. The van der Waals surface area contributed by atoms with E-state index in [9.17, 15) is 0 Å². The van der Waals surface area contributed by atoms with Crippen LogP contribution in [0.3, 0.4) is 0 Å². The topological polar surface area (TPSA) is 34.4 Å². The summed E-state index contributed by atoms with van der Waals surface area (Å²) in [7, 11) is 1.89. The second-order valence-corrected chi connectivity index (χ2v) is 2.70. The lowest BCUT2D eigenvalue weighted by atomic mass is 10.2. The first kappa shape index (κ1) is 10.0. The second-order valence-electron chi connectivity index (χ2n) is 2.70. The van der Waals surface area contributed by atoms with E-state index in [1.807, 2.05) is 13.1 Å². The van der Waals surface area contributed by atoms with Crippen molar-refractivity contribution in [2.45, 2.75) is 13.2 Å². The zero-order valence-electron chi connectivity index (χ0n) is 7.88. The Labute approximate surface area is 78.4 Å². The van der Waals surface area contributed by atoms with Crippen molar-refractivity contribution in [3.63, 3.8) is 0 Å². The van der Waals surface area contributed by atoms with Gasteiger partial charge in [-0.15, -0.1) is 6.58 Å². The van der Waals surface area contributed by atoms with E-state index in [0.717, 1.165) is 17.9 Å². The van der Waals surface area contributed by atoms with Crippen LogP contribution in [0.25, 0.3) is 0 Å². The molecule has 0 radical (unpaired) electrons. The molecule has 0 aliphatic carbocycles. The highest BCUT2D eigenvalue weighted by Crippen LogP contribution is 2.11. The number of furan rings is 1. The van der Waals surface area contributed by atoms with Crippen LogP contribution < -0.4 is 5.32 Å². The lowest BCUT2D eigenvalue weighted by molar-refractivity contribution is 0.147. The van der Waals surface area contributed by atoms with Crippen molar-refractivity contribution in [1.82, 2.24) is 5.32 Å². The van der Waals surface area contributed by atoms with Gasteiger partial charge in [0.25, 0.3) is 0 Å². The second kappa shape index (κ2) is 5.56. The molecule has 0 aromatic carbocycles. The summed E-state index contributed by atoms with van der Waals surface area (Å²) in [4.78, 5) is 0. The zero-order valence-corrected chi connectivity index (χ0v) is 7.88. The summed E-state index contributed by atoms with van der Waals surface area (Å²) in [6, 6.07) is 1.93. The Kier molecular flexibility index (Phi) is 4.29. The molecule has 72 valence electrons. The third-order valence-electron chi connectivity index (χ3n) is 1.67. The number of hydrogen-bond acceptors (Lipinski definition) is 3. The molecule has 3 heteroatoms. The van der Waals surface area contributed by atoms with Gasteiger partial charge >= 0.3 is 0 Å². The molecule has 0 saturated carbocycles. The smallest absolute Gasteiger partial charge is 0.123 e. The molecule has 1 N–H and O–H groups in total. The highest BCUT2D eigenvalue weighted by Gasteiger charge is 2.04. The lowest BCUT2D eigenvalue weighted by Gasteiger charge is -2.01. The van der Waals surface area contributed by atoms with E-state index in [-0.39, 0.29) is 0 Å². The molecule has 1 aromatic heterocycles. The van der Waals surface area contributed by atoms with Gasteiger partial charge < -0.3 is 14.5 Å². The molecule has 1 heterocycles. The molecule has 0 fully saturated rings. The van der Waals surface area contributed by atoms with E-state index in [1.54, 1.807) is 12.3 Å². The summed E-state index contributed by atoms with van der Waals surface area (Å²) in [6.45, 7) is 5.47. The zero-order chi connectivity index (χ0) is 9.52. The van der Waals surface area contributed by atoms with Crippen molar-refractivity contribution in [2.24, 2.45) is 0 Å². The molecule has 13 heavy (non-hydrogen) atoms. The Morgan fingerprint density at radius 3 is 3.23 bits per heavy atom. The molecule has 0 bridgehead atoms. The average molecular weight is 181 g/mol. The third-order valence-corrected chi connectivity index (χ3v) is 1.67. The minimum absolute atomic E-state index is 0.574. The van der Waals surface area contributed by atoms with Gasteiger partial charge in [-0.2, -0.15) is 0 Å². The standard InChI is InChI=1S/C10H15NO2/c1-3-5-12-8-9-4-6-13-10(9)7-11-2/h3-4,6,11H,1,5,7-8H2,2H3. The van der Waals surface area contributed by atoms with Gasteiger partial charge in [0.2, 0.25) is 0 Å². The maximum absolute atomic E-state index is 5.31. The maximum Gasteiger partial charge on any atom is 0.123 e. The summed E-state index contributed by atoms with van der Waals surface area (Å²) < 4.78 is 10.6. The van der Waals surface area contributed by atoms with Crippen molar-refractivity contribution in [1.29, 1.82) is 0 Å². The van der Waals surface area contributed by atoms with E-state index < -0.39 is 0 Å². The quantitative estimate of drug-likeness (QED) is 0.536. The third kappa shape index (κ3) is 3.05. The number of rotatable bonds is 6. The van der Waals surface area contributed by atoms with Crippen molar-refractivity contribution in [3.8, 4) is 0 Å². The van der Waals surface area contributed by atoms with Gasteiger partial charge in [-0.05, 0) is 13.1 Å². The molecule has 0 aliphatic heterocycles. The molecule has 0 spiro atoms. The van der Waals surface area contributed by atoms with Gasteiger partial charge in [-0.3, -0.25) is 0 Å². The van der Waals surface area contributed by atoms with E-state index in [4.69, 9.17) is 9.15 Å². The van der Waals surface area contributed by atoms with Crippen molar-refractivity contribution in [2.75, 3.05) is 13.7 Å². The molecule has 1 rings (SSSR count). The van der Waals surface area contributed by atoms with Crippen LogP contribution in [0.2, 0.25) is 0 Å². The number of ether oxygens (including phenoxy) is 1. The average Bonchev–Trinajstić information content (AvgIpc) is 2.54. The minimum Gasteiger partial charge on any atom is -0.468 e. The van der Waals surface area contributed by atoms with Crippen LogP contribution in [-0.4, -0.2) is 13.7 Å². The minimum atomic E-state index is 0.574. The van der Waals surface area contributed by atoms with E-state index >= 15 is 0 Å². The SMILES string of the molecule is C=CCOCc1ccoc1CNC. The van der Waals surface area contributed by atoms with Crippen LogP contribution in [0.5, 0.6) is 0 Å². The molecule has 3 nitrogen and oxygen atoms in total. The van der Waals surface area contributed by atoms with Gasteiger partial charge in [-0.1, -0.05) is 6.08 Å². The van der Waals surface area contributed by atoms with Gasteiger partial charge in [0.05, 0.1) is 26.0 Å². The van der Waals surface area contributed by atoms with Gasteiger partial charge in [0.15, 0.2) is 0 Å². The van der Waals surface area contributed by atoms with Gasteiger partial charge in [0, 0.05) is 5.56 Å². The fourth-order valence-electron chi connectivity index (χ4n) is 1.06. The number of hydrogen-bond donors (Lipinski definition) is 1. The van der Waals surface area contributed by atoms with Crippen LogP contribution >= 0.6 is 0 Å². The molecule has 0 unspecified atom stereocenters. The first-order valence-corrected chi connectivity index (χ1v) is 4.27. The molecule has 0 amide bonds. The highest BCUT2D eigenvalue weighted by atomic mass is 16.5. The predicted octanol–water partition coefficient (Wildman–Crippen LogP) is 1.70. The van der Waals surface area contributed by atoms with E-state index in [1.165, 1.54) is 0 Å². The summed E-state index contributed by atoms with van der Waals surface area (Å²) in [5.74, 6) is 0.937. The summed E-state index contributed by atoms with van der Waals surface area (Å²) in [5, 5.41) is 3.03. The fraction of sp³-hybridized carbons (Fsp3) is 0.400. The van der Waals surface area contributed by atoms with Crippen LogP contribution in [0, 0.1) is 0 Å². The molecular formula is C10H15NO2. The molecular weight excluding hydrogens is 166 g/mol. The van der Waals surface area contributed by atoms with Crippen molar-refractivity contribution in [3.05, 3.63) is 36.3 Å². The summed E-state index contributed by atoms with van der Waals surface area (Å²) in [5.41, 5.74) is 1.09.